The quantitative estimate of drug-likeness (QED) is 0.777. The molecule has 0 bridgehead atoms. The highest BCUT2D eigenvalue weighted by Gasteiger charge is 2.24. The zero-order valence-corrected chi connectivity index (χ0v) is 16.6. The number of aryl methyl sites for hydroxylation is 1. The molecule has 140 valence electrons. The van der Waals surface area contributed by atoms with Gasteiger partial charge in [0.25, 0.3) is 0 Å². The zero-order valence-electron chi connectivity index (χ0n) is 15.0. The molecule has 0 aromatic heterocycles. The Hall–Kier alpha value is -1.89. The second kappa shape index (κ2) is 8.20. The Balaban J connectivity index is 2.13. The van der Waals surface area contributed by atoms with Crippen molar-refractivity contribution in [2.24, 2.45) is 0 Å². The monoisotopic (exact) mass is 394 g/mol. The largest absolute Gasteiger partial charge is 0.325 e. The number of sulfonamides is 1. The smallest absolute Gasteiger partial charge is 0.243 e. The van der Waals surface area contributed by atoms with Crippen LogP contribution in [-0.2, 0) is 21.2 Å². The van der Waals surface area contributed by atoms with E-state index in [0.29, 0.717) is 11.4 Å². The first-order valence-corrected chi connectivity index (χ1v) is 10.1. The van der Waals surface area contributed by atoms with Crippen LogP contribution in [0, 0.1) is 0 Å². The molecule has 0 spiro atoms. The average Bonchev–Trinajstić information content (AvgIpc) is 2.52. The second-order valence-electron chi connectivity index (χ2n) is 6.99. The van der Waals surface area contributed by atoms with Crippen LogP contribution >= 0.6 is 11.6 Å². The van der Waals surface area contributed by atoms with Gasteiger partial charge in [-0.2, -0.15) is 0 Å². The number of amides is 1. The fourth-order valence-corrected chi connectivity index (χ4v) is 4.24. The summed E-state index contributed by atoms with van der Waals surface area (Å²) in [5.41, 5.74) is 0.507. The molecule has 26 heavy (non-hydrogen) atoms. The Morgan fingerprint density at radius 2 is 1.65 bits per heavy atom. The molecule has 7 heteroatoms. The van der Waals surface area contributed by atoms with Gasteiger partial charge in [0, 0.05) is 17.0 Å². The topological polar surface area (TPSA) is 75.3 Å². The first kappa shape index (κ1) is 20.4. The Labute approximate surface area is 159 Å². The van der Waals surface area contributed by atoms with E-state index in [1.165, 1.54) is 6.07 Å². The van der Waals surface area contributed by atoms with Crippen molar-refractivity contribution in [3.63, 3.8) is 0 Å². The fourth-order valence-electron chi connectivity index (χ4n) is 2.42. The van der Waals surface area contributed by atoms with E-state index in [4.69, 9.17) is 11.6 Å². The predicted molar refractivity (Wildman–Crippen MR) is 105 cm³/mol. The minimum atomic E-state index is -3.75. The van der Waals surface area contributed by atoms with Gasteiger partial charge in [0.2, 0.25) is 15.9 Å². The maximum absolute atomic E-state index is 12.6. The molecule has 1 amide bonds. The summed E-state index contributed by atoms with van der Waals surface area (Å²) in [6.07, 6.45) is 0.672. The summed E-state index contributed by atoms with van der Waals surface area (Å²) in [6, 6.07) is 13.7. The number of halogens is 1. The van der Waals surface area contributed by atoms with Gasteiger partial charge in [-0.3, -0.25) is 4.79 Å². The van der Waals surface area contributed by atoms with Gasteiger partial charge in [-0.1, -0.05) is 41.9 Å². The summed E-state index contributed by atoms with van der Waals surface area (Å²) in [5.74, 6) is -0.275. The van der Waals surface area contributed by atoms with E-state index in [1.54, 1.807) is 45.0 Å². The normalized spacial score (nSPS) is 12.0. The van der Waals surface area contributed by atoms with Crippen molar-refractivity contribution in [3.8, 4) is 0 Å². The van der Waals surface area contributed by atoms with E-state index >= 15 is 0 Å². The van der Waals surface area contributed by atoms with Crippen LogP contribution in [0.3, 0.4) is 0 Å². The number of hydrogen-bond acceptors (Lipinski definition) is 3. The van der Waals surface area contributed by atoms with Crippen molar-refractivity contribution in [2.75, 3.05) is 5.32 Å². The van der Waals surface area contributed by atoms with E-state index in [-0.39, 0.29) is 22.9 Å². The van der Waals surface area contributed by atoms with E-state index in [9.17, 15) is 13.2 Å². The number of nitrogens with one attached hydrogen (secondary N) is 2. The predicted octanol–water partition coefficient (Wildman–Crippen LogP) is 3.99. The van der Waals surface area contributed by atoms with Gasteiger partial charge in [0.15, 0.2) is 0 Å². The molecule has 5 nitrogen and oxygen atoms in total. The molecule has 0 saturated heterocycles. The van der Waals surface area contributed by atoms with Gasteiger partial charge in [-0.15, -0.1) is 0 Å². The summed E-state index contributed by atoms with van der Waals surface area (Å²) in [5, 5.41) is 3.30. The number of carbonyl (C=O) groups is 1. The molecule has 0 unspecified atom stereocenters. The molecule has 2 N–H and O–H groups in total. The highest BCUT2D eigenvalue weighted by Crippen LogP contribution is 2.23. The Morgan fingerprint density at radius 3 is 2.31 bits per heavy atom. The SMILES string of the molecule is CC(C)(C)NS(=O)(=O)c1ccccc1NC(=O)CCc1ccccc1Cl. The third-order valence-electron chi connectivity index (χ3n) is 3.47. The number of para-hydroxylation sites is 1. The van der Waals surface area contributed by atoms with Crippen LogP contribution in [0.25, 0.3) is 0 Å². The summed E-state index contributed by atoms with van der Waals surface area (Å²) in [7, 11) is -3.75. The van der Waals surface area contributed by atoms with Crippen molar-refractivity contribution in [1.82, 2.24) is 4.72 Å². The van der Waals surface area contributed by atoms with Crippen LogP contribution in [0.2, 0.25) is 5.02 Å². The summed E-state index contributed by atoms with van der Waals surface area (Å²) in [6.45, 7) is 5.28. The molecule has 0 heterocycles. The Kier molecular flexibility index (Phi) is 6.44. The molecule has 0 radical (unpaired) electrons. The zero-order chi connectivity index (χ0) is 19.4. The van der Waals surface area contributed by atoms with Gasteiger partial charge >= 0.3 is 0 Å². The number of anilines is 1. The number of rotatable bonds is 6. The van der Waals surface area contributed by atoms with Crippen LogP contribution in [0.4, 0.5) is 5.69 Å². The lowest BCUT2D eigenvalue weighted by Gasteiger charge is -2.21. The third-order valence-corrected chi connectivity index (χ3v) is 5.66. The lowest BCUT2D eigenvalue weighted by molar-refractivity contribution is -0.116. The molecule has 2 aromatic rings. The number of hydrogen-bond donors (Lipinski definition) is 2. The molecule has 0 saturated carbocycles. The van der Waals surface area contributed by atoms with Crippen molar-refractivity contribution in [1.29, 1.82) is 0 Å². The minimum Gasteiger partial charge on any atom is -0.325 e. The van der Waals surface area contributed by atoms with E-state index < -0.39 is 15.6 Å². The second-order valence-corrected chi connectivity index (χ2v) is 9.05. The molecule has 0 atom stereocenters. The molecule has 0 fully saturated rings. The number of benzene rings is 2. The molecule has 0 aliphatic carbocycles. The third kappa shape index (κ3) is 5.83. The number of carbonyl (C=O) groups excluding carboxylic acids is 1. The summed E-state index contributed by atoms with van der Waals surface area (Å²) in [4.78, 5) is 12.3. The maximum Gasteiger partial charge on any atom is 0.243 e. The summed E-state index contributed by atoms with van der Waals surface area (Å²) >= 11 is 6.10. The standard InChI is InChI=1S/C19H23ClN2O3S/c1-19(2,3)22-26(24,25)17-11-7-6-10-16(17)21-18(23)13-12-14-8-4-5-9-15(14)20/h4-11,22H,12-13H2,1-3H3,(H,21,23). The lowest BCUT2D eigenvalue weighted by Crippen LogP contribution is -2.40. The van der Waals surface area contributed by atoms with Crippen LogP contribution < -0.4 is 10.0 Å². The first-order valence-electron chi connectivity index (χ1n) is 8.25. The van der Waals surface area contributed by atoms with Crippen molar-refractivity contribution >= 4 is 33.2 Å². The fraction of sp³-hybridized carbons (Fsp3) is 0.316. The van der Waals surface area contributed by atoms with E-state index in [2.05, 4.69) is 10.0 Å². The molecule has 2 rings (SSSR count). The van der Waals surface area contributed by atoms with Crippen LogP contribution in [0.5, 0.6) is 0 Å². The Morgan fingerprint density at radius 1 is 1.04 bits per heavy atom. The molecular formula is C19H23ClN2O3S. The van der Waals surface area contributed by atoms with Gasteiger partial charge in [-0.25, -0.2) is 13.1 Å². The Bertz CT molecular complexity index is 890. The van der Waals surface area contributed by atoms with Crippen molar-refractivity contribution < 1.29 is 13.2 Å². The van der Waals surface area contributed by atoms with Crippen LogP contribution in [-0.4, -0.2) is 19.9 Å². The highest BCUT2D eigenvalue weighted by molar-refractivity contribution is 7.89. The van der Waals surface area contributed by atoms with Gasteiger partial charge in [0.1, 0.15) is 4.90 Å². The molecule has 0 aliphatic heterocycles. The van der Waals surface area contributed by atoms with Gasteiger partial charge in [-0.05, 0) is 51.0 Å². The molecule has 0 aliphatic rings. The maximum atomic E-state index is 12.6. The minimum absolute atomic E-state index is 0.0426. The highest BCUT2D eigenvalue weighted by atomic mass is 35.5. The average molecular weight is 395 g/mol. The first-order chi connectivity index (χ1) is 12.1. The van der Waals surface area contributed by atoms with Crippen LogP contribution in [0.15, 0.2) is 53.4 Å². The lowest BCUT2D eigenvalue weighted by atomic mass is 10.1. The van der Waals surface area contributed by atoms with Crippen molar-refractivity contribution in [2.45, 2.75) is 44.0 Å². The van der Waals surface area contributed by atoms with Crippen molar-refractivity contribution in [3.05, 3.63) is 59.1 Å². The van der Waals surface area contributed by atoms with E-state index in [1.807, 2.05) is 18.2 Å². The van der Waals surface area contributed by atoms with E-state index in [0.717, 1.165) is 5.56 Å². The van der Waals surface area contributed by atoms with Gasteiger partial charge < -0.3 is 5.32 Å². The summed E-state index contributed by atoms with van der Waals surface area (Å²) < 4.78 is 27.8. The molecule has 2 aromatic carbocycles. The van der Waals surface area contributed by atoms with Gasteiger partial charge in [0.05, 0.1) is 5.69 Å². The molecular weight excluding hydrogens is 372 g/mol. The van der Waals surface area contributed by atoms with Crippen LogP contribution in [0.1, 0.15) is 32.8 Å².